The van der Waals surface area contributed by atoms with Gasteiger partial charge in [-0.25, -0.2) is 4.79 Å². The summed E-state index contributed by atoms with van der Waals surface area (Å²) in [5.41, 5.74) is 0.623. The van der Waals surface area contributed by atoms with E-state index >= 15 is 0 Å². The van der Waals surface area contributed by atoms with Crippen molar-refractivity contribution < 1.29 is 19.1 Å². The quantitative estimate of drug-likeness (QED) is 0.440. The van der Waals surface area contributed by atoms with Crippen LogP contribution in [-0.4, -0.2) is 49.8 Å². The van der Waals surface area contributed by atoms with E-state index in [1.165, 1.54) is 6.92 Å². The Kier molecular flexibility index (Phi) is 10.4. The molecule has 0 unspecified atom stereocenters. The summed E-state index contributed by atoms with van der Waals surface area (Å²) >= 11 is 0. The maximum Gasteiger partial charge on any atom is 0.333 e. The summed E-state index contributed by atoms with van der Waals surface area (Å²) < 4.78 is 11.2. The monoisotopic (exact) mass is 354 g/mol. The van der Waals surface area contributed by atoms with Crippen molar-refractivity contribution in [2.24, 2.45) is 0 Å². The molecule has 144 valence electrons. The molecule has 0 aliphatic heterocycles. The summed E-state index contributed by atoms with van der Waals surface area (Å²) in [4.78, 5) is 23.9. The van der Waals surface area contributed by atoms with Crippen LogP contribution in [0.1, 0.15) is 59.8 Å². The molecule has 3 atom stereocenters. The van der Waals surface area contributed by atoms with E-state index in [-0.39, 0.29) is 30.1 Å². The van der Waals surface area contributed by atoms with Crippen molar-refractivity contribution in [3.63, 3.8) is 0 Å². The second-order valence-electron chi connectivity index (χ2n) is 6.45. The predicted molar refractivity (Wildman–Crippen MR) is 98.3 cm³/mol. The van der Waals surface area contributed by atoms with E-state index in [9.17, 15) is 9.59 Å². The molecule has 0 radical (unpaired) electrons. The maximum absolute atomic E-state index is 12.2. The van der Waals surface area contributed by atoms with Crippen molar-refractivity contribution in [3.8, 4) is 0 Å². The zero-order chi connectivity index (χ0) is 18.7. The van der Waals surface area contributed by atoms with Crippen molar-refractivity contribution in [1.82, 2.24) is 10.6 Å². The van der Waals surface area contributed by atoms with Gasteiger partial charge in [-0.15, -0.1) is 0 Å². The van der Waals surface area contributed by atoms with Crippen molar-refractivity contribution in [1.29, 1.82) is 0 Å². The van der Waals surface area contributed by atoms with Gasteiger partial charge in [-0.05, 0) is 38.8 Å². The highest BCUT2D eigenvalue weighted by atomic mass is 16.5. The van der Waals surface area contributed by atoms with E-state index in [2.05, 4.69) is 24.5 Å². The van der Waals surface area contributed by atoms with Gasteiger partial charge in [0.25, 0.3) is 0 Å². The molecule has 0 heterocycles. The molecule has 6 heteroatoms. The Labute approximate surface area is 151 Å². The smallest absolute Gasteiger partial charge is 0.333 e. The first-order valence-electron chi connectivity index (χ1n) is 9.53. The lowest BCUT2D eigenvalue weighted by Gasteiger charge is -2.37. The van der Waals surface area contributed by atoms with E-state index in [1.807, 2.05) is 6.08 Å². The third-order valence-electron chi connectivity index (χ3n) is 4.21. The van der Waals surface area contributed by atoms with Crippen molar-refractivity contribution in [3.05, 3.63) is 11.6 Å². The van der Waals surface area contributed by atoms with Gasteiger partial charge in [0.2, 0.25) is 5.91 Å². The second kappa shape index (κ2) is 12.0. The zero-order valence-corrected chi connectivity index (χ0v) is 16.1. The number of carbonyl (C=O) groups excluding carboxylic acids is 2. The topological polar surface area (TPSA) is 76.7 Å². The SMILES string of the molecule is CCCCCO[C@@H]1C=C(C(=O)OCC)C[C@H](NCCC)[C@H]1NC(C)=O. The van der Waals surface area contributed by atoms with Crippen molar-refractivity contribution >= 4 is 11.9 Å². The molecule has 0 aromatic heterocycles. The molecule has 0 aromatic carbocycles. The fourth-order valence-corrected chi connectivity index (χ4v) is 3.01. The number of hydrogen-bond acceptors (Lipinski definition) is 5. The molecule has 2 N–H and O–H groups in total. The first-order valence-corrected chi connectivity index (χ1v) is 9.53. The molecule has 1 aliphatic rings. The van der Waals surface area contributed by atoms with Crippen LogP contribution in [0.15, 0.2) is 11.6 Å². The van der Waals surface area contributed by atoms with E-state index in [0.29, 0.717) is 25.2 Å². The normalized spacial score (nSPS) is 23.0. The number of ether oxygens (including phenoxy) is 2. The van der Waals surface area contributed by atoms with Crippen LogP contribution in [0.25, 0.3) is 0 Å². The lowest BCUT2D eigenvalue weighted by atomic mass is 9.87. The first-order chi connectivity index (χ1) is 12.0. The second-order valence-corrected chi connectivity index (χ2v) is 6.45. The van der Waals surface area contributed by atoms with Crippen LogP contribution < -0.4 is 10.6 Å². The van der Waals surface area contributed by atoms with Crippen LogP contribution in [0, 0.1) is 0 Å². The fraction of sp³-hybridized carbons (Fsp3) is 0.789. The van der Waals surface area contributed by atoms with Crippen LogP contribution in [0.4, 0.5) is 0 Å². The van der Waals surface area contributed by atoms with Gasteiger partial charge in [0, 0.05) is 25.1 Å². The number of carbonyl (C=O) groups is 2. The molecule has 1 rings (SSSR count). The molecular weight excluding hydrogens is 320 g/mol. The van der Waals surface area contributed by atoms with Gasteiger partial charge >= 0.3 is 5.97 Å². The zero-order valence-electron chi connectivity index (χ0n) is 16.1. The van der Waals surface area contributed by atoms with E-state index in [1.54, 1.807) is 6.92 Å². The molecule has 0 fully saturated rings. The number of esters is 1. The number of amides is 1. The van der Waals surface area contributed by atoms with Crippen LogP contribution in [0.3, 0.4) is 0 Å². The molecule has 1 aliphatic carbocycles. The first kappa shape index (κ1) is 21.6. The third kappa shape index (κ3) is 7.57. The minimum Gasteiger partial charge on any atom is -0.463 e. The summed E-state index contributed by atoms with van der Waals surface area (Å²) in [7, 11) is 0. The van der Waals surface area contributed by atoms with Crippen molar-refractivity contribution in [2.75, 3.05) is 19.8 Å². The minimum absolute atomic E-state index is 0.0515. The van der Waals surface area contributed by atoms with E-state index in [0.717, 1.165) is 32.2 Å². The summed E-state index contributed by atoms with van der Waals surface area (Å²) in [6.07, 6.45) is 6.19. The Balaban J connectivity index is 2.94. The van der Waals surface area contributed by atoms with E-state index < -0.39 is 0 Å². The molecule has 1 amide bonds. The van der Waals surface area contributed by atoms with Crippen LogP contribution >= 0.6 is 0 Å². The summed E-state index contributed by atoms with van der Waals surface area (Å²) in [5, 5.41) is 6.44. The number of unbranched alkanes of at least 4 members (excludes halogenated alkanes) is 2. The Hall–Kier alpha value is -1.40. The number of hydrogen-bond donors (Lipinski definition) is 2. The van der Waals surface area contributed by atoms with Gasteiger partial charge < -0.3 is 20.1 Å². The molecule has 6 nitrogen and oxygen atoms in total. The van der Waals surface area contributed by atoms with E-state index in [4.69, 9.17) is 9.47 Å². The summed E-state index contributed by atoms with van der Waals surface area (Å²) in [6.45, 7) is 9.32. The predicted octanol–water partition coefficient (Wildman–Crippen LogP) is 2.33. The Morgan fingerprint density at radius 3 is 2.56 bits per heavy atom. The van der Waals surface area contributed by atoms with Gasteiger partial charge in [0.05, 0.1) is 18.8 Å². The highest BCUT2D eigenvalue weighted by Crippen LogP contribution is 2.23. The van der Waals surface area contributed by atoms with Crippen molar-refractivity contribution in [2.45, 2.75) is 78.0 Å². The van der Waals surface area contributed by atoms with Gasteiger partial charge in [-0.3, -0.25) is 4.79 Å². The minimum atomic E-state index is -0.330. The molecule has 0 aromatic rings. The average molecular weight is 354 g/mol. The Morgan fingerprint density at radius 1 is 1.20 bits per heavy atom. The lowest BCUT2D eigenvalue weighted by molar-refractivity contribution is -0.139. The van der Waals surface area contributed by atoms with Gasteiger partial charge in [0.15, 0.2) is 0 Å². The van der Waals surface area contributed by atoms with Gasteiger partial charge in [0.1, 0.15) is 0 Å². The Bertz CT molecular complexity index is 451. The molecule has 0 saturated heterocycles. The maximum atomic E-state index is 12.2. The highest BCUT2D eigenvalue weighted by molar-refractivity contribution is 5.89. The fourth-order valence-electron chi connectivity index (χ4n) is 3.01. The lowest BCUT2D eigenvalue weighted by Crippen LogP contribution is -2.58. The summed E-state index contributed by atoms with van der Waals surface area (Å²) in [5.74, 6) is -0.391. The molecule has 0 spiro atoms. The summed E-state index contributed by atoms with van der Waals surface area (Å²) in [6, 6.07) is -0.242. The third-order valence-corrected chi connectivity index (χ3v) is 4.21. The van der Waals surface area contributed by atoms with Crippen LogP contribution in [-0.2, 0) is 19.1 Å². The van der Waals surface area contributed by atoms with Gasteiger partial charge in [-0.1, -0.05) is 26.7 Å². The average Bonchev–Trinajstić information content (AvgIpc) is 2.58. The molecule has 0 bridgehead atoms. The highest BCUT2D eigenvalue weighted by Gasteiger charge is 2.36. The number of nitrogens with one attached hydrogen (secondary N) is 2. The molecular formula is C19H34N2O4. The number of rotatable bonds is 11. The standard InChI is InChI=1S/C19H34N2O4/c1-5-8-9-11-25-17-13-15(19(23)24-7-3)12-16(20-10-6-2)18(17)21-14(4)22/h13,16-18,20H,5-12H2,1-4H3,(H,21,22)/t16-,17+,18+/m0/s1. The Morgan fingerprint density at radius 2 is 1.96 bits per heavy atom. The molecule has 25 heavy (non-hydrogen) atoms. The van der Waals surface area contributed by atoms with Crippen LogP contribution in [0.2, 0.25) is 0 Å². The van der Waals surface area contributed by atoms with Gasteiger partial charge in [-0.2, -0.15) is 0 Å². The van der Waals surface area contributed by atoms with Crippen LogP contribution in [0.5, 0.6) is 0 Å². The largest absolute Gasteiger partial charge is 0.463 e. The molecule has 0 saturated carbocycles.